The fourth-order valence-corrected chi connectivity index (χ4v) is 1.56. The molecule has 1 aromatic carbocycles. The van der Waals surface area contributed by atoms with Gasteiger partial charge in [0.2, 0.25) is 5.91 Å². The molecule has 0 aliphatic heterocycles. The molecule has 1 N–H and O–H groups in total. The number of hydrogen-bond acceptors (Lipinski definition) is 2. The molecule has 3 nitrogen and oxygen atoms in total. The van der Waals surface area contributed by atoms with Gasteiger partial charge in [-0.2, -0.15) is 0 Å². The van der Waals surface area contributed by atoms with Crippen LogP contribution in [0.2, 0.25) is 0 Å². The van der Waals surface area contributed by atoms with Crippen molar-refractivity contribution in [2.75, 3.05) is 13.2 Å². The van der Waals surface area contributed by atoms with Gasteiger partial charge in [-0.1, -0.05) is 30.3 Å². The van der Waals surface area contributed by atoms with Crippen molar-refractivity contribution in [1.29, 1.82) is 0 Å². The predicted molar refractivity (Wildman–Crippen MR) is 69.4 cm³/mol. The Morgan fingerprint density at radius 2 is 2.00 bits per heavy atom. The number of amides is 1. The van der Waals surface area contributed by atoms with Gasteiger partial charge in [0.15, 0.2) is 0 Å². The normalized spacial score (nSPS) is 11.1. The number of aliphatic hydroxyl groups is 1. The molecule has 1 amide bonds. The molecule has 3 heteroatoms. The highest BCUT2D eigenvalue weighted by Crippen LogP contribution is 2.04. The molecule has 17 heavy (non-hydrogen) atoms. The first kappa shape index (κ1) is 13.5. The number of hydrogen-bond donors (Lipinski definition) is 1. The monoisotopic (exact) mass is 233 g/mol. The summed E-state index contributed by atoms with van der Waals surface area (Å²) >= 11 is 0. The van der Waals surface area contributed by atoms with E-state index in [-0.39, 0.29) is 18.6 Å². The summed E-state index contributed by atoms with van der Waals surface area (Å²) in [4.78, 5) is 13.5. The van der Waals surface area contributed by atoms with E-state index in [1.54, 1.807) is 17.1 Å². The number of carbonyl (C=O) groups excluding carboxylic acids is 1. The topological polar surface area (TPSA) is 40.5 Å². The standard InChI is InChI=1S/C14H19NO2/c1-12(2)15(10-11-16)14(17)9-8-13-6-4-3-5-7-13/h3-9,12,16H,10-11H2,1-2H3/b9-8+. The van der Waals surface area contributed by atoms with E-state index in [9.17, 15) is 4.79 Å². The average Bonchev–Trinajstić information content (AvgIpc) is 2.34. The Hall–Kier alpha value is -1.61. The predicted octanol–water partition coefficient (Wildman–Crippen LogP) is 1.93. The number of rotatable bonds is 5. The number of aliphatic hydroxyl groups excluding tert-OH is 1. The van der Waals surface area contributed by atoms with Crippen LogP contribution in [0.4, 0.5) is 0 Å². The summed E-state index contributed by atoms with van der Waals surface area (Å²) in [6, 6.07) is 9.77. The Labute approximate surface area is 102 Å². The number of nitrogens with zero attached hydrogens (tertiary/aromatic N) is 1. The van der Waals surface area contributed by atoms with Crippen LogP contribution in [0, 0.1) is 0 Å². The molecule has 1 aromatic rings. The fraction of sp³-hybridized carbons (Fsp3) is 0.357. The molecule has 0 unspecified atom stereocenters. The van der Waals surface area contributed by atoms with Gasteiger partial charge < -0.3 is 10.0 Å². The van der Waals surface area contributed by atoms with E-state index >= 15 is 0 Å². The summed E-state index contributed by atoms with van der Waals surface area (Å²) in [5, 5.41) is 8.90. The largest absolute Gasteiger partial charge is 0.395 e. The molecule has 0 spiro atoms. The summed E-state index contributed by atoms with van der Waals surface area (Å²) in [7, 11) is 0. The number of benzene rings is 1. The summed E-state index contributed by atoms with van der Waals surface area (Å²) in [5.74, 6) is -0.0714. The highest BCUT2D eigenvalue weighted by molar-refractivity contribution is 5.91. The highest BCUT2D eigenvalue weighted by atomic mass is 16.3. The van der Waals surface area contributed by atoms with E-state index in [0.717, 1.165) is 5.56 Å². The smallest absolute Gasteiger partial charge is 0.246 e. The second-order valence-corrected chi connectivity index (χ2v) is 4.09. The second-order valence-electron chi connectivity index (χ2n) is 4.09. The third-order valence-corrected chi connectivity index (χ3v) is 2.47. The van der Waals surface area contributed by atoms with Gasteiger partial charge in [-0.05, 0) is 25.5 Å². The Morgan fingerprint density at radius 1 is 1.35 bits per heavy atom. The summed E-state index contributed by atoms with van der Waals surface area (Å²) < 4.78 is 0. The van der Waals surface area contributed by atoms with Crippen LogP contribution in [0.5, 0.6) is 0 Å². The first-order valence-electron chi connectivity index (χ1n) is 5.79. The lowest BCUT2D eigenvalue weighted by Crippen LogP contribution is -2.37. The zero-order valence-electron chi connectivity index (χ0n) is 10.3. The van der Waals surface area contributed by atoms with Gasteiger partial charge in [0.05, 0.1) is 6.61 Å². The van der Waals surface area contributed by atoms with Crippen molar-refractivity contribution in [2.45, 2.75) is 19.9 Å². The molecule has 0 atom stereocenters. The van der Waals surface area contributed by atoms with Gasteiger partial charge in [-0.25, -0.2) is 0 Å². The third-order valence-electron chi connectivity index (χ3n) is 2.47. The van der Waals surface area contributed by atoms with Crippen LogP contribution >= 0.6 is 0 Å². The van der Waals surface area contributed by atoms with Crippen LogP contribution < -0.4 is 0 Å². The molecule has 1 rings (SSSR count). The van der Waals surface area contributed by atoms with Crippen molar-refractivity contribution in [2.24, 2.45) is 0 Å². The van der Waals surface area contributed by atoms with Crippen LogP contribution in [-0.4, -0.2) is 35.1 Å². The van der Waals surface area contributed by atoms with Crippen molar-refractivity contribution in [1.82, 2.24) is 4.90 Å². The second kappa shape index (κ2) is 6.86. The lowest BCUT2D eigenvalue weighted by Gasteiger charge is -2.24. The van der Waals surface area contributed by atoms with Gasteiger partial charge in [0.25, 0.3) is 0 Å². The van der Waals surface area contributed by atoms with E-state index in [4.69, 9.17) is 5.11 Å². The lowest BCUT2D eigenvalue weighted by molar-refractivity contribution is -0.128. The maximum absolute atomic E-state index is 11.9. The first-order valence-corrected chi connectivity index (χ1v) is 5.79. The zero-order chi connectivity index (χ0) is 12.7. The van der Waals surface area contributed by atoms with Gasteiger partial charge >= 0.3 is 0 Å². The van der Waals surface area contributed by atoms with Gasteiger partial charge in [0, 0.05) is 18.7 Å². The van der Waals surface area contributed by atoms with Crippen molar-refractivity contribution in [3.05, 3.63) is 42.0 Å². The van der Waals surface area contributed by atoms with Crippen molar-refractivity contribution < 1.29 is 9.90 Å². The molecule has 92 valence electrons. The van der Waals surface area contributed by atoms with Crippen molar-refractivity contribution in [3.63, 3.8) is 0 Å². The molecule has 0 heterocycles. The lowest BCUT2D eigenvalue weighted by atomic mass is 10.2. The molecular weight excluding hydrogens is 214 g/mol. The Kier molecular flexibility index (Phi) is 5.43. The summed E-state index contributed by atoms with van der Waals surface area (Å²) in [5.41, 5.74) is 0.994. The van der Waals surface area contributed by atoms with Crippen LogP contribution in [0.25, 0.3) is 6.08 Å². The molecule has 0 radical (unpaired) electrons. The Morgan fingerprint density at radius 3 is 2.53 bits per heavy atom. The maximum atomic E-state index is 11.9. The molecule has 0 saturated carbocycles. The van der Waals surface area contributed by atoms with Crippen LogP contribution in [0.3, 0.4) is 0 Å². The van der Waals surface area contributed by atoms with E-state index in [0.29, 0.717) is 6.54 Å². The van der Waals surface area contributed by atoms with Crippen molar-refractivity contribution >= 4 is 12.0 Å². The van der Waals surface area contributed by atoms with Crippen molar-refractivity contribution in [3.8, 4) is 0 Å². The number of carbonyl (C=O) groups is 1. The minimum absolute atomic E-state index is 0.0108. The van der Waals surface area contributed by atoms with E-state index in [1.165, 1.54) is 0 Å². The van der Waals surface area contributed by atoms with E-state index in [1.807, 2.05) is 44.2 Å². The minimum atomic E-state index is -0.0714. The molecule has 0 aromatic heterocycles. The molecular formula is C14H19NO2. The fourth-order valence-electron chi connectivity index (χ4n) is 1.56. The SMILES string of the molecule is CC(C)N(CCO)C(=O)/C=C/c1ccccc1. The van der Waals surface area contributed by atoms with Crippen LogP contribution in [-0.2, 0) is 4.79 Å². The zero-order valence-corrected chi connectivity index (χ0v) is 10.3. The summed E-state index contributed by atoms with van der Waals surface area (Å²) in [6.07, 6.45) is 3.33. The van der Waals surface area contributed by atoms with Gasteiger partial charge in [-0.15, -0.1) is 0 Å². The van der Waals surface area contributed by atoms with Crippen LogP contribution in [0.15, 0.2) is 36.4 Å². The third kappa shape index (κ3) is 4.41. The minimum Gasteiger partial charge on any atom is -0.395 e. The maximum Gasteiger partial charge on any atom is 0.246 e. The molecule has 0 saturated heterocycles. The average molecular weight is 233 g/mol. The Bertz CT molecular complexity index is 371. The first-order chi connectivity index (χ1) is 8.15. The van der Waals surface area contributed by atoms with Gasteiger partial charge in [0.1, 0.15) is 0 Å². The highest BCUT2D eigenvalue weighted by Gasteiger charge is 2.12. The van der Waals surface area contributed by atoms with E-state index in [2.05, 4.69) is 0 Å². The quantitative estimate of drug-likeness (QED) is 0.789. The molecule has 0 aliphatic rings. The Balaban J connectivity index is 2.67. The molecule has 0 bridgehead atoms. The van der Waals surface area contributed by atoms with E-state index < -0.39 is 0 Å². The molecule has 0 fully saturated rings. The molecule has 0 aliphatic carbocycles. The van der Waals surface area contributed by atoms with Crippen LogP contribution in [0.1, 0.15) is 19.4 Å². The van der Waals surface area contributed by atoms with Gasteiger partial charge in [-0.3, -0.25) is 4.79 Å². The summed E-state index contributed by atoms with van der Waals surface area (Å²) in [6.45, 7) is 4.23.